The number of hydrogen-bond donors (Lipinski definition) is 1. The largest absolute Gasteiger partial charge is 0.372 e. The minimum absolute atomic E-state index is 0.0253. The number of ether oxygens (including phenoxy) is 1. The van der Waals surface area contributed by atoms with Gasteiger partial charge in [0.2, 0.25) is 0 Å². The van der Waals surface area contributed by atoms with Crippen LogP contribution in [0.25, 0.3) is 0 Å². The van der Waals surface area contributed by atoms with E-state index in [1.807, 2.05) is 25.1 Å². The maximum Gasteiger partial charge on any atom is 0.0972 e. The van der Waals surface area contributed by atoms with Gasteiger partial charge < -0.3 is 10.5 Å². The molecule has 0 aliphatic carbocycles. The van der Waals surface area contributed by atoms with Crippen molar-refractivity contribution in [2.24, 2.45) is 5.73 Å². The van der Waals surface area contributed by atoms with Crippen LogP contribution in [0.1, 0.15) is 57.6 Å². The fourth-order valence-corrected chi connectivity index (χ4v) is 2.11. The molecule has 0 aliphatic heterocycles. The third kappa shape index (κ3) is 5.65. The molecule has 2 atom stereocenters. The average Bonchev–Trinajstić information content (AvgIpc) is 2.38. The lowest BCUT2D eigenvalue weighted by molar-refractivity contribution is 0.0358. The highest BCUT2D eigenvalue weighted by molar-refractivity contribution is 5.18. The normalized spacial score (nSPS) is 14.4. The Morgan fingerprint density at radius 2 is 1.72 bits per heavy atom. The molecule has 102 valence electrons. The second-order valence-corrected chi connectivity index (χ2v) is 4.98. The zero-order chi connectivity index (χ0) is 13.2. The number of nitrogens with two attached hydrogens (primary N) is 1. The summed E-state index contributed by atoms with van der Waals surface area (Å²) in [7, 11) is 0. The summed E-state index contributed by atoms with van der Waals surface area (Å²) in [5.41, 5.74) is 7.19. The van der Waals surface area contributed by atoms with Crippen molar-refractivity contribution in [3.63, 3.8) is 0 Å². The Balaban J connectivity index is 2.31. The maximum atomic E-state index is 6.01. The number of benzene rings is 1. The molecule has 0 bridgehead atoms. The zero-order valence-electron chi connectivity index (χ0n) is 11.8. The first-order chi connectivity index (χ1) is 8.75. The first kappa shape index (κ1) is 15.2. The molecule has 0 spiro atoms. The van der Waals surface area contributed by atoms with E-state index in [0.717, 1.165) is 13.0 Å². The minimum atomic E-state index is 0.0253. The van der Waals surface area contributed by atoms with Crippen molar-refractivity contribution in [1.29, 1.82) is 0 Å². The van der Waals surface area contributed by atoms with Crippen molar-refractivity contribution < 1.29 is 4.74 Å². The summed E-state index contributed by atoms with van der Waals surface area (Å²) in [6.07, 6.45) is 6.35. The molecule has 0 aromatic heterocycles. The summed E-state index contributed by atoms with van der Waals surface area (Å²) in [5, 5.41) is 0. The maximum absolute atomic E-state index is 6.01. The molecule has 2 N–H and O–H groups in total. The van der Waals surface area contributed by atoms with E-state index in [2.05, 4.69) is 19.1 Å². The van der Waals surface area contributed by atoms with E-state index in [4.69, 9.17) is 10.5 Å². The van der Waals surface area contributed by atoms with Crippen LogP contribution in [0.2, 0.25) is 0 Å². The molecular weight excluding hydrogens is 222 g/mol. The first-order valence-corrected chi connectivity index (χ1v) is 7.17. The second-order valence-electron chi connectivity index (χ2n) is 4.98. The highest BCUT2D eigenvalue weighted by Crippen LogP contribution is 2.20. The van der Waals surface area contributed by atoms with Gasteiger partial charge >= 0.3 is 0 Å². The molecule has 2 nitrogen and oxygen atoms in total. The lowest BCUT2D eigenvalue weighted by Crippen LogP contribution is -2.27. The predicted molar refractivity (Wildman–Crippen MR) is 77.5 cm³/mol. The molecule has 0 saturated carbocycles. The number of rotatable bonds is 9. The fraction of sp³-hybridized carbons (Fsp3) is 0.625. The first-order valence-electron chi connectivity index (χ1n) is 7.17. The SMILES string of the molecule is CCCCCCCOC(c1ccccc1)C(C)N. The van der Waals surface area contributed by atoms with Crippen molar-refractivity contribution in [2.45, 2.75) is 58.1 Å². The molecule has 2 heteroatoms. The summed E-state index contributed by atoms with van der Waals surface area (Å²) >= 11 is 0. The predicted octanol–water partition coefficient (Wildman–Crippen LogP) is 4.06. The van der Waals surface area contributed by atoms with Crippen LogP contribution in [-0.4, -0.2) is 12.6 Å². The smallest absolute Gasteiger partial charge is 0.0972 e. The standard InChI is InChI=1S/C16H27NO/c1-3-4-5-6-10-13-18-16(14(2)17)15-11-8-7-9-12-15/h7-9,11-12,14,16H,3-6,10,13,17H2,1-2H3. The summed E-state index contributed by atoms with van der Waals surface area (Å²) < 4.78 is 5.94. The Bertz CT molecular complexity index is 297. The van der Waals surface area contributed by atoms with Crippen molar-refractivity contribution in [3.8, 4) is 0 Å². The van der Waals surface area contributed by atoms with E-state index >= 15 is 0 Å². The van der Waals surface area contributed by atoms with Gasteiger partial charge in [0.25, 0.3) is 0 Å². The summed E-state index contributed by atoms with van der Waals surface area (Å²) in [6, 6.07) is 10.3. The van der Waals surface area contributed by atoms with Crippen LogP contribution in [0, 0.1) is 0 Å². The van der Waals surface area contributed by atoms with Crippen LogP contribution in [0.3, 0.4) is 0 Å². The molecule has 0 fully saturated rings. The van der Waals surface area contributed by atoms with Gasteiger partial charge in [0.05, 0.1) is 6.10 Å². The third-order valence-electron chi connectivity index (χ3n) is 3.15. The van der Waals surface area contributed by atoms with E-state index in [9.17, 15) is 0 Å². The number of hydrogen-bond acceptors (Lipinski definition) is 2. The van der Waals surface area contributed by atoms with Gasteiger partial charge in [-0.15, -0.1) is 0 Å². The lowest BCUT2D eigenvalue weighted by atomic mass is 10.0. The fourth-order valence-electron chi connectivity index (χ4n) is 2.11. The second kappa shape index (κ2) is 9.12. The van der Waals surface area contributed by atoms with Crippen molar-refractivity contribution in [2.75, 3.05) is 6.61 Å². The van der Waals surface area contributed by atoms with Gasteiger partial charge in [0.1, 0.15) is 0 Å². The van der Waals surface area contributed by atoms with Crippen LogP contribution >= 0.6 is 0 Å². The molecule has 1 rings (SSSR count). The van der Waals surface area contributed by atoms with Gasteiger partial charge in [-0.2, -0.15) is 0 Å². The van der Waals surface area contributed by atoms with E-state index in [1.165, 1.54) is 31.2 Å². The van der Waals surface area contributed by atoms with E-state index in [-0.39, 0.29) is 12.1 Å². The summed E-state index contributed by atoms with van der Waals surface area (Å²) in [5.74, 6) is 0. The van der Waals surface area contributed by atoms with Crippen LogP contribution in [0.4, 0.5) is 0 Å². The highest BCUT2D eigenvalue weighted by Gasteiger charge is 2.15. The molecule has 0 radical (unpaired) electrons. The highest BCUT2D eigenvalue weighted by atomic mass is 16.5. The molecule has 18 heavy (non-hydrogen) atoms. The van der Waals surface area contributed by atoms with E-state index in [1.54, 1.807) is 0 Å². The summed E-state index contributed by atoms with van der Waals surface area (Å²) in [4.78, 5) is 0. The third-order valence-corrected chi connectivity index (χ3v) is 3.15. The molecule has 2 unspecified atom stereocenters. The Morgan fingerprint density at radius 3 is 2.33 bits per heavy atom. The van der Waals surface area contributed by atoms with Crippen molar-refractivity contribution in [1.82, 2.24) is 0 Å². The lowest BCUT2D eigenvalue weighted by Gasteiger charge is -2.22. The van der Waals surface area contributed by atoms with E-state index in [0.29, 0.717) is 0 Å². The van der Waals surface area contributed by atoms with Crippen molar-refractivity contribution >= 4 is 0 Å². The minimum Gasteiger partial charge on any atom is -0.372 e. The van der Waals surface area contributed by atoms with Gasteiger partial charge in [0, 0.05) is 12.6 Å². The van der Waals surface area contributed by atoms with Gasteiger partial charge in [-0.1, -0.05) is 62.9 Å². The van der Waals surface area contributed by atoms with Crippen LogP contribution < -0.4 is 5.73 Å². The van der Waals surface area contributed by atoms with Crippen LogP contribution in [0.15, 0.2) is 30.3 Å². The molecule has 1 aromatic rings. The molecule has 0 amide bonds. The van der Waals surface area contributed by atoms with Gasteiger partial charge in [-0.3, -0.25) is 0 Å². The Hall–Kier alpha value is -0.860. The topological polar surface area (TPSA) is 35.2 Å². The Labute approximate surface area is 112 Å². The Morgan fingerprint density at radius 1 is 1.06 bits per heavy atom. The van der Waals surface area contributed by atoms with Crippen LogP contribution in [0.5, 0.6) is 0 Å². The van der Waals surface area contributed by atoms with Gasteiger partial charge in [-0.05, 0) is 18.9 Å². The van der Waals surface area contributed by atoms with E-state index < -0.39 is 0 Å². The Kier molecular flexibility index (Phi) is 7.70. The molecule has 0 heterocycles. The summed E-state index contributed by atoms with van der Waals surface area (Å²) in [6.45, 7) is 5.05. The number of unbranched alkanes of at least 4 members (excludes halogenated alkanes) is 4. The van der Waals surface area contributed by atoms with Crippen molar-refractivity contribution in [3.05, 3.63) is 35.9 Å². The molecule has 0 saturated heterocycles. The van der Waals surface area contributed by atoms with Crippen LogP contribution in [-0.2, 0) is 4.74 Å². The quantitative estimate of drug-likeness (QED) is 0.670. The molecule has 1 aromatic carbocycles. The monoisotopic (exact) mass is 249 g/mol. The van der Waals surface area contributed by atoms with Gasteiger partial charge in [0.15, 0.2) is 0 Å². The zero-order valence-corrected chi connectivity index (χ0v) is 11.8. The van der Waals surface area contributed by atoms with Gasteiger partial charge in [-0.25, -0.2) is 0 Å². The molecule has 0 aliphatic rings. The molecular formula is C16H27NO. The average molecular weight is 249 g/mol.